The highest BCUT2D eigenvalue weighted by atomic mass is 19.4. The van der Waals surface area contributed by atoms with Crippen LogP contribution in [0.4, 0.5) is 13.2 Å². The van der Waals surface area contributed by atoms with Crippen LogP contribution < -0.4 is 5.73 Å². The molecule has 32 heavy (non-hydrogen) atoms. The number of aromatic nitrogens is 4. The van der Waals surface area contributed by atoms with Crippen molar-refractivity contribution >= 4 is 16.6 Å². The molecule has 6 nitrogen and oxygen atoms in total. The molecule has 4 aromatic rings. The Hall–Kier alpha value is -3.46. The monoisotopic (exact) mass is 434 g/mol. The van der Waals surface area contributed by atoms with E-state index in [2.05, 4.69) is 10.2 Å². The Bertz CT molecular complexity index is 1500. The molecule has 3 aromatic heterocycles. The molecule has 0 saturated carbocycles. The normalized spacial score (nSPS) is 26.1. The number of alkyl halides is 3. The topological polar surface area (TPSA) is 72.3 Å². The lowest BCUT2D eigenvalue weighted by molar-refractivity contribution is -0.181. The zero-order valence-corrected chi connectivity index (χ0v) is 16.9. The van der Waals surface area contributed by atoms with Gasteiger partial charge in [0.1, 0.15) is 5.69 Å². The van der Waals surface area contributed by atoms with Gasteiger partial charge in [-0.15, -0.1) is 10.2 Å². The minimum atomic E-state index is -4.49. The molecule has 1 aromatic carbocycles. The van der Waals surface area contributed by atoms with Crippen LogP contribution in [0, 0.1) is 0 Å². The number of nitrogens with zero attached hydrogens (tertiary/aromatic N) is 5. The highest BCUT2D eigenvalue weighted by molar-refractivity contribution is 5.87. The van der Waals surface area contributed by atoms with E-state index in [1.54, 1.807) is 10.5 Å². The molecule has 3 aliphatic rings. The second kappa shape index (κ2) is 5.47. The average molecular weight is 434 g/mol. The van der Waals surface area contributed by atoms with Crippen molar-refractivity contribution in [2.75, 3.05) is 6.54 Å². The summed E-state index contributed by atoms with van der Waals surface area (Å²) < 4.78 is 45.2. The number of hydrogen-bond acceptors (Lipinski definition) is 5. The predicted octanol–water partition coefficient (Wildman–Crippen LogP) is 3.95. The van der Waals surface area contributed by atoms with Gasteiger partial charge in [-0.1, -0.05) is 30.3 Å². The van der Waals surface area contributed by atoms with Gasteiger partial charge in [-0.25, -0.2) is 4.98 Å². The van der Waals surface area contributed by atoms with Gasteiger partial charge < -0.3 is 10.6 Å². The largest absolute Gasteiger partial charge is 0.413 e. The number of hydrogen-bond donors (Lipinski definition) is 1. The van der Waals surface area contributed by atoms with E-state index >= 15 is 0 Å². The maximum Gasteiger partial charge on any atom is 0.413 e. The molecule has 0 fully saturated rings. The van der Waals surface area contributed by atoms with E-state index in [0.29, 0.717) is 22.9 Å². The molecule has 0 radical (unpaired) electrons. The van der Waals surface area contributed by atoms with Gasteiger partial charge in [-0.2, -0.15) is 13.2 Å². The molecule has 1 aliphatic carbocycles. The highest BCUT2D eigenvalue weighted by Crippen LogP contribution is 2.62. The van der Waals surface area contributed by atoms with E-state index < -0.39 is 17.8 Å². The second-order valence-corrected chi connectivity index (χ2v) is 9.05. The molecule has 2 N–H and O–H groups in total. The number of piperidine rings is 1. The first-order valence-corrected chi connectivity index (χ1v) is 10.4. The summed E-state index contributed by atoms with van der Waals surface area (Å²) in [5, 5.41) is 9.30. The zero-order valence-electron chi connectivity index (χ0n) is 16.9. The molecular weight excluding hydrogens is 417 g/mol. The van der Waals surface area contributed by atoms with Crippen molar-refractivity contribution in [2.45, 2.75) is 30.6 Å². The van der Waals surface area contributed by atoms with Crippen molar-refractivity contribution in [2.24, 2.45) is 5.73 Å². The fraction of sp³-hybridized carbons (Fsp3) is 0.261. The van der Waals surface area contributed by atoms with Crippen LogP contribution in [0.2, 0.25) is 0 Å². The third-order valence-electron chi connectivity index (χ3n) is 6.83. The first kappa shape index (κ1) is 18.1. The molecular formula is C23H17F3N6. The van der Waals surface area contributed by atoms with Crippen molar-refractivity contribution in [3.05, 3.63) is 71.1 Å². The van der Waals surface area contributed by atoms with E-state index in [4.69, 9.17) is 10.7 Å². The fourth-order valence-corrected chi connectivity index (χ4v) is 5.53. The molecule has 7 rings (SSSR count). The first-order valence-electron chi connectivity index (χ1n) is 10.4. The highest BCUT2D eigenvalue weighted by Gasteiger charge is 2.61. The summed E-state index contributed by atoms with van der Waals surface area (Å²) in [5.41, 5.74) is 10.0. The lowest BCUT2D eigenvalue weighted by Gasteiger charge is -2.38. The van der Waals surface area contributed by atoms with Gasteiger partial charge >= 0.3 is 6.18 Å². The van der Waals surface area contributed by atoms with Gasteiger partial charge in [0.25, 0.3) is 0 Å². The first-order chi connectivity index (χ1) is 15.2. The van der Waals surface area contributed by atoms with Crippen LogP contribution in [0.1, 0.15) is 30.0 Å². The summed E-state index contributed by atoms with van der Waals surface area (Å²) in [6.07, 6.45) is -3.01. The SMILES string of the molecule is C[C@]1(N)CN2C3=C1C3c1cccc3ccc(nc13)-c1nnc3ccc(cn13)[C@H]2C(F)(F)F. The Morgan fingerprint density at radius 2 is 1.94 bits per heavy atom. The Morgan fingerprint density at radius 3 is 2.75 bits per heavy atom. The molecule has 1 unspecified atom stereocenters. The van der Waals surface area contributed by atoms with E-state index in [1.165, 1.54) is 17.2 Å². The number of para-hydroxylation sites is 1. The van der Waals surface area contributed by atoms with Gasteiger partial charge in [-0.05, 0) is 30.2 Å². The van der Waals surface area contributed by atoms with Gasteiger partial charge in [0, 0.05) is 29.4 Å². The maximum atomic E-state index is 14.5. The van der Waals surface area contributed by atoms with Gasteiger partial charge in [-0.3, -0.25) is 4.40 Å². The third-order valence-corrected chi connectivity index (χ3v) is 6.83. The molecule has 0 amide bonds. The average Bonchev–Trinajstić information content (AvgIpc) is 3.26. The van der Waals surface area contributed by atoms with Crippen LogP contribution in [-0.4, -0.2) is 42.7 Å². The summed E-state index contributed by atoms with van der Waals surface area (Å²) in [5.74, 6) is 0.146. The van der Waals surface area contributed by atoms with Gasteiger partial charge in [0.2, 0.25) is 0 Å². The molecule has 2 aliphatic heterocycles. The number of allylic oxidation sites excluding steroid dienone is 1. The van der Waals surface area contributed by atoms with Gasteiger partial charge in [0.15, 0.2) is 17.5 Å². The minimum absolute atomic E-state index is 0.106. The number of fused-ring (bicyclic) bond motifs is 5. The van der Waals surface area contributed by atoms with Crippen LogP contribution in [-0.2, 0) is 0 Å². The molecule has 3 atom stereocenters. The molecule has 0 saturated heterocycles. The van der Waals surface area contributed by atoms with Crippen molar-refractivity contribution < 1.29 is 13.2 Å². The second-order valence-electron chi connectivity index (χ2n) is 9.05. The number of nitrogens with two attached hydrogens (primary N) is 1. The summed E-state index contributed by atoms with van der Waals surface area (Å²) in [6, 6.07) is 10.8. The third kappa shape index (κ3) is 2.21. The standard InChI is InChI=1S/C23H17F3N6/c1-22(27)10-32-19-16(17(19)22)13-4-2-3-11-5-7-14(28-18(11)13)21-30-29-15-8-6-12(9-31(15)21)20(32)23(24,25)26/h2-9,16,20H,10,27H2,1H3/t16?,20-,22-/m0/s1. The van der Waals surface area contributed by atoms with Crippen LogP contribution in [0.3, 0.4) is 0 Å². The molecule has 5 heterocycles. The van der Waals surface area contributed by atoms with E-state index in [-0.39, 0.29) is 18.0 Å². The zero-order chi connectivity index (χ0) is 22.0. The fourth-order valence-electron chi connectivity index (χ4n) is 5.53. The van der Waals surface area contributed by atoms with Crippen molar-refractivity contribution in [3.8, 4) is 11.5 Å². The maximum absolute atomic E-state index is 14.5. The number of pyridine rings is 2. The van der Waals surface area contributed by atoms with Crippen LogP contribution >= 0.6 is 0 Å². The van der Waals surface area contributed by atoms with Crippen LogP contribution in [0.5, 0.6) is 0 Å². The van der Waals surface area contributed by atoms with E-state index in [9.17, 15) is 13.2 Å². The smallest absolute Gasteiger partial charge is 0.357 e. The molecule has 0 spiro atoms. The number of halogens is 3. The Morgan fingerprint density at radius 1 is 1.09 bits per heavy atom. The Kier molecular flexibility index (Phi) is 3.10. The van der Waals surface area contributed by atoms with Crippen molar-refractivity contribution in [3.63, 3.8) is 0 Å². The molecule has 9 heteroatoms. The van der Waals surface area contributed by atoms with Gasteiger partial charge in [0.05, 0.1) is 17.0 Å². The Labute approximate surface area is 180 Å². The van der Waals surface area contributed by atoms with Crippen LogP contribution in [0.25, 0.3) is 28.1 Å². The number of benzene rings is 1. The van der Waals surface area contributed by atoms with Crippen molar-refractivity contribution in [1.29, 1.82) is 0 Å². The summed E-state index contributed by atoms with van der Waals surface area (Å²) in [4.78, 5) is 6.32. The van der Waals surface area contributed by atoms with Crippen molar-refractivity contribution in [1.82, 2.24) is 24.5 Å². The quantitative estimate of drug-likeness (QED) is 0.454. The summed E-state index contributed by atoms with van der Waals surface area (Å²) >= 11 is 0. The van der Waals surface area contributed by atoms with E-state index in [1.807, 2.05) is 37.3 Å². The van der Waals surface area contributed by atoms with Crippen LogP contribution in [0.15, 0.2) is 59.9 Å². The lowest BCUT2D eigenvalue weighted by atomic mass is 9.90. The predicted molar refractivity (Wildman–Crippen MR) is 112 cm³/mol. The summed E-state index contributed by atoms with van der Waals surface area (Å²) in [6.45, 7) is 1.92. The lowest BCUT2D eigenvalue weighted by Crippen LogP contribution is -2.48. The number of rotatable bonds is 0. The minimum Gasteiger partial charge on any atom is -0.357 e. The Balaban J connectivity index is 1.59. The van der Waals surface area contributed by atoms with E-state index in [0.717, 1.165) is 22.0 Å². The summed E-state index contributed by atoms with van der Waals surface area (Å²) in [7, 11) is 0. The molecule has 4 bridgehead atoms. The molecule has 160 valence electrons.